The van der Waals surface area contributed by atoms with Crippen molar-refractivity contribution in [1.29, 1.82) is 0 Å². The average Bonchev–Trinajstić information content (AvgIpc) is 2.52. The molecule has 0 aromatic carbocycles. The van der Waals surface area contributed by atoms with E-state index in [9.17, 15) is 4.79 Å². The summed E-state index contributed by atoms with van der Waals surface area (Å²) in [6.07, 6.45) is 1.29. The maximum Gasteiger partial charge on any atom is 0.321 e. The van der Waals surface area contributed by atoms with Crippen LogP contribution in [-0.4, -0.2) is 27.2 Å². The first-order valence-corrected chi connectivity index (χ1v) is 3.66. The van der Waals surface area contributed by atoms with Crippen molar-refractivity contribution >= 4 is 5.97 Å². The average molecular weight is 186 g/mol. The fraction of sp³-hybridized carbons (Fsp3) is 0.429. The van der Waals surface area contributed by atoms with E-state index in [1.165, 1.54) is 6.26 Å². The van der Waals surface area contributed by atoms with Crippen LogP contribution < -0.4 is 5.73 Å². The Morgan fingerprint density at radius 2 is 2.46 bits per heavy atom. The zero-order valence-electron chi connectivity index (χ0n) is 6.80. The van der Waals surface area contributed by atoms with E-state index < -0.39 is 12.0 Å². The number of hydrogen-bond acceptors (Lipinski definition) is 5. The quantitative estimate of drug-likeness (QED) is 0.563. The highest BCUT2D eigenvalue weighted by atomic mass is 16.4. The third kappa shape index (κ3) is 2.53. The van der Waals surface area contributed by atoms with Crippen molar-refractivity contribution in [2.45, 2.75) is 19.1 Å². The fourth-order valence-electron chi connectivity index (χ4n) is 0.791. The predicted molar refractivity (Wildman–Crippen MR) is 41.7 cm³/mol. The summed E-state index contributed by atoms with van der Waals surface area (Å²) in [5.74, 6) is -0.886. The van der Waals surface area contributed by atoms with Crippen LogP contribution in [0.1, 0.15) is 11.6 Å². The molecule has 0 aliphatic heterocycles. The predicted octanol–water partition coefficient (Wildman–Crippen LogP) is -0.879. The van der Waals surface area contributed by atoms with Gasteiger partial charge in [-0.3, -0.25) is 4.79 Å². The van der Waals surface area contributed by atoms with Crippen molar-refractivity contribution in [2.24, 2.45) is 5.73 Å². The number of carboxylic acids is 1. The minimum Gasteiger partial charge on any atom is -0.480 e. The third-order valence-corrected chi connectivity index (χ3v) is 1.47. The highest BCUT2D eigenvalue weighted by Crippen LogP contribution is 2.03. The molecule has 1 atom stereocenters. The van der Waals surface area contributed by atoms with Crippen LogP contribution in [0.3, 0.4) is 0 Å². The highest BCUT2D eigenvalue weighted by Gasteiger charge is 2.15. The summed E-state index contributed by atoms with van der Waals surface area (Å²) < 4.78 is 4.86. The molecule has 0 saturated heterocycles. The molecule has 72 valence electrons. The molecule has 1 heterocycles. The van der Waals surface area contributed by atoms with E-state index in [0.717, 1.165) is 0 Å². The Morgan fingerprint density at radius 1 is 1.77 bits per heavy atom. The van der Waals surface area contributed by atoms with Crippen molar-refractivity contribution in [3.8, 4) is 0 Å². The molecule has 1 aromatic heterocycles. The number of nitrogens with zero attached hydrogens (tertiary/aromatic N) is 1. The molecule has 0 amide bonds. The lowest BCUT2D eigenvalue weighted by Crippen LogP contribution is -2.32. The molecule has 0 fully saturated rings. The summed E-state index contributed by atoms with van der Waals surface area (Å²) in [5, 5.41) is 17.1. The van der Waals surface area contributed by atoms with Crippen LogP contribution in [0.4, 0.5) is 0 Å². The minimum atomic E-state index is -1.11. The van der Waals surface area contributed by atoms with Crippen molar-refractivity contribution in [3.63, 3.8) is 0 Å². The summed E-state index contributed by atoms with van der Waals surface area (Å²) in [7, 11) is 0. The molecule has 1 rings (SSSR count). The molecule has 6 heteroatoms. The molecule has 6 nitrogen and oxygen atoms in total. The second-order valence-corrected chi connectivity index (χ2v) is 2.54. The molecular formula is C7H10N2O4. The van der Waals surface area contributed by atoms with Crippen LogP contribution in [0.25, 0.3) is 0 Å². The summed E-state index contributed by atoms with van der Waals surface area (Å²) >= 11 is 0. The van der Waals surface area contributed by atoms with Crippen molar-refractivity contribution < 1.29 is 19.4 Å². The smallest absolute Gasteiger partial charge is 0.321 e. The van der Waals surface area contributed by atoms with E-state index in [1.54, 1.807) is 0 Å². The lowest BCUT2D eigenvalue weighted by atomic mass is 10.2. The number of rotatable bonds is 4. The molecule has 1 unspecified atom stereocenters. The minimum absolute atomic E-state index is 0.0231. The Kier molecular flexibility index (Phi) is 2.99. The first-order chi connectivity index (χ1) is 6.13. The van der Waals surface area contributed by atoms with E-state index >= 15 is 0 Å². The Balaban J connectivity index is 2.58. The molecule has 1 aromatic rings. The molecule has 0 bridgehead atoms. The molecule has 0 aliphatic carbocycles. The van der Waals surface area contributed by atoms with Crippen LogP contribution >= 0.6 is 0 Å². The van der Waals surface area contributed by atoms with E-state index in [2.05, 4.69) is 4.98 Å². The van der Waals surface area contributed by atoms with Crippen LogP contribution in [-0.2, 0) is 17.8 Å². The maximum atomic E-state index is 10.3. The number of carbonyl (C=O) groups is 1. The van der Waals surface area contributed by atoms with E-state index in [4.69, 9.17) is 20.4 Å². The van der Waals surface area contributed by atoms with Crippen LogP contribution in [0.2, 0.25) is 0 Å². The number of oxazole rings is 1. The van der Waals surface area contributed by atoms with E-state index in [1.807, 2.05) is 0 Å². The zero-order valence-corrected chi connectivity index (χ0v) is 6.80. The number of aromatic nitrogens is 1. The molecule has 0 aliphatic rings. The fourth-order valence-corrected chi connectivity index (χ4v) is 0.791. The molecule has 0 spiro atoms. The summed E-state index contributed by atoms with van der Waals surface area (Å²) in [5.41, 5.74) is 5.61. The van der Waals surface area contributed by atoms with E-state index in [-0.39, 0.29) is 18.9 Å². The summed E-state index contributed by atoms with van der Waals surface area (Å²) in [6.45, 7) is -0.230. The first-order valence-electron chi connectivity index (χ1n) is 3.66. The summed E-state index contributed by atoms with van der Waals surface area (Å²) in [4.78, 5) is 14.1. The number of aliphatic hydroxyl groups is 1. The second kappa shape index (κ2) is 4.01. The maximum absolute atomic E-state index is 10.3. The molecule has 0 saturated carbocycles. The molecule has 4 N–H and O–H groups in total. The van der Waals surface area contributed by atoms with Gasteiger partial charge in [0.15, 0.2) is 5.89 Å². The number of carboxylic acid groups (broad SMARTS) is 1. The Hall–Kier alpha value is -1.40. The molecule has 13 heavy (non-hydrogen) atoms. The van der Waals surface area contributed by atoms with E-state index in [0.29, 0.717) is 5.69 Å². The van der Waals surface area contributed by atoms with Crippen molar-refractivity contribution in [2.75, 3.05) is 0 Å². The van der Waals surface area contributed by atoms with Gasteiger partial charge in [-0.05, 0) is 0 Å². The number of aliphatic carboxylic acids is 1. The SMILES string of the molecule is NC(Cc1nc(CO)co1)C(=O)O. The van der Waals surface area contributed by atoms with Gasteiger partial charge in [0.2, 0.25) is 0 Å². The lowest BCUT2D eigenvalue weighted by molar-refractivity contribution is -0.138. The third-order valence-electron chi connectivity index (χ3n) is 1.47. The van der Waals surface area contributed by atoms with Crippen LogP contribution in [0, 0.1) is 0 Å². The van der Waals surface area contributed by atoms with Gasteiger partial charge in [0, 0.05) is 0 Å². The Bertz CT molecular complexity index is 296. The Labute approximate surface area is 74.0 Å². The van der Waals surface area contributed by atoms with Gasteiger partial charge in [-0.25, -0.2) is 4.98 Å². The zero-order chi connectivity index (χ0) is 9.84. The number of aliphatic hydroxyl groups excluding tert-OH is 1. The van der Waals surface area contributed by atoms with Crippen molar-refractivity contribution in [1.82, 2.24) is 4.98 Å². The van der Waals surface area contributed by atoms with Crippen molar-refractivity contribution in [3.05, 3.63) is 17.8 Å². The number of nitrogens with two attached hydrogens (primary N) is 1. The van der Waals surface area contributed by atoms with Gasteiger partial charge in [0.05, 0.1) is 13.0 Å². The first kappa shape index (κ1) is 9.69. The van der Waals surface area contributed by atoms with Gasteiger partial charge in [-0.2, -0.15) is 0 Å². The summed E-state index contributed by atoms with van der Waals surface area (Å²) in [6, 6.07) is -1.02. The van der Waals surface area contributed by atoms with Crippen LogP contribution in [0.15, 0.2) is 10.7 Å². The van der Waals surface area contributed by atoms with Gasteiger partial charge in [0.1, 0.15) is 18.0 Å². The molecule has 0 radical (unpaired) electrons. The van der Waals surface area contributed by atoms with Gasteiger partial charge >= 0.3 is 5.97 Å². The van der Waals surface area contributed by atoms with Gasteiger partial charge < -0.3 is 20.4 Å². The molecular weight excluding hydrogens is 176 g/mol. The second-order valence-electron chi connectivity index (χ2n) is 2.54. The van der Waals surface area contributed by atoms with Gasteiger partial charge in [0.25, 0.3) is 0 Å². The van der Waals surface area contributed by atoms with Crippen LogP contribution in [0.5, 0.6) is 0 Å². The topological polar surface area (TPSA) is 110 Å². The monoisotopic (exact) mass is 186 g/mol. The highest BCUT2D eigenvalue weighted by molar-refractivity contribution is 5.73. The van der Waals surface area contributed by atoms with Gasteiger partial charge in [-0.1, -0.05) is 0 Å². The normalized spacial score (nSPS) is 12.8. The largest absolute Gasteiger partial charge is 0.480 e. The Morgan fingerprint density at radius 3 is 2.92 bits per heavy atom. The lowest BCUT2D eigenvalue weighted by Gasteiger charge is -2.00. The standard InChI is InChI=1S/C7H10N2O4/c8-5(7(11)12)1-6-9-4(2-10)3-13-6/h3,5,10H,1-2,8H2,(H,11,12). The van der Waals surface area contributed by atoms with Gasteiger partial charge in [-0.15, -0.1) is 0 Å². The number of hydrogen-bond donors (Lipinski definition) is 3.